The van der Waals surface area contributed by atoms with E-state index in [-0.39, 0.29) is 0 Å². The molecule has 0 aromatic heterocycles. The second kappa shape index (κ2) is 9.90. The van der Waals surface area contributed by atoms with Gasteiger partial charge in [-0.1, -0.05) is 60.7 Å². The van der Waals surface area contributed by atoms with Crippen LogP contribution in [-0.2, 0) is 14.2 Å². The van der Waals surface area contributed by atoms with E-state index < -0.39 is 13.4 Å². The Morgan fingerprint density at radius 3 is 1.54 bits per heavy atom. The molecule has 0 aliphatic carbocycles. The van der Waals surface area contributed by atoms with Gasteiger partial charge in [0.1, 0.15) is 6.61 Å². The highest BCUT2D eigenvalue weighted by molar-refractivity contribution is 7.74. The van der Waals surface area contributed by atoms with E-state index in [9.17, 15) is 0 Å². The van der Waals surface area contributed by atoms with Gasteiger partial charge in [-0.15, -0.1) is 0 Å². The molecular weight excluding hydrogens is 319 g/mol. The Kier molecular flexibility index (Phi) is 7.87. The third-order valence-corrected chi connectivity index (χ3v) is 6.30. The van der Waals surface area contributed by atoms with Crippen molar-refractivity contribution in [1.82, 2.24) is 0 Å². The molecule has 0 fully saturated rings. The fourth-order valence-electron chi connectivity index (χ4n) is 2.70. The van der Waals surface area contributed by atoms with Gasteiger partial charge in [0, 0.05) is 27.7 Å². The summed E-state index contributed by atoms with van der Waals surface area (Å²) in [5, 5.41) is 2.45. The first kappa shape index (κ1) is 19.1. The van der Waals surface area contributed by atoms with Gasteiger partial charge in [0.2, 0.25) is 5.53 Å². The molecule has 0 spiro atoms. The Hall–Kier alpha value is -1.25. The SMILES string of the molecule is CCOCC(OCC)(OCC)P(c1ccccc1)c1ccccc1. The van der Waals surface area contributed by atoms with E-state index in [1.807, 2.05) is 32.9 Å². The van der Waals surface area contributed by atoms with Gasteiger partial charge in [-0.05, 0) is 31.4 Å². The van der Waals surface area contributed by atoms with Gasteiger partial charge in [-0.25, -0.2) is 0 Å². The van der Waals surface area contributed by atoms with Gasteiger partial charge < -0.3 is 14.2 Å². The third-order valence-electron chi connectivity index (χ3n) is 3.60. The van der Waals surface area contributed by atoms with Crippen molar-refractivity contribution in [2.24, 2.45) is 0 Å². The van der Waals surface area contributed by atoms with E-state index in [1.54, 1.807) is 0 Å². The lowest BCUT2D eigenvalue weighted by Gasteiger charge is -2.40. The lowest BCUT2D eigenvalue weighted by Crippen LogP contribution is -2.44. The highest BCUT2D eigenvalue weighted by Crippen LogP contribution is 2.50. The van der Waals surface area contributed by atoms with Gasteiger partial charge in [0.15, 0.2) is 0 Å². The predicted octanol–water partition coefficient (Wildman–Crippen LogP) is 3.88. The zero-order chi connectivity index (χ0) is 17.3. The number of hydrogen-bond donors (Lipinski definition) is 0. The van der Waals surface area contributed by atoms with Crippen LogP contribution < -0.4 is 10.6 Å². The van der Waals surface area contributed by atoms with Crippen LogP contribution >= 0.6 is 7.92 Å². The van der Waals surface area contributed by atoms with Crippen molar-refractivity contribution in [3.63, 3.8) is 0 Å². The summed E-state index contributed by atoms with van der Waals surface area (Å²) in [5.74, 6) is 0. The van der Waals surface area contributed by atoms with Crippen molar-refractivity contribution in [1.29, 1.82) is 0 Å². The van der Waals surface area contributed by atoms with Gasteiger partial charge in [-0.3, -0.25) is 0 Å². The molecule has 2 aromatic carbocycles. The zero-order valence-electron chi connectivity index (χ0n) is 14.8. The summed E-state index contributed by atoms with van der Waals surface area (Å²) >= 11 is 0. The molecule has 0 atom stereocenters. The quantitative estimate of drug-likeness (QED) is 0.483. The maximum atomic E-state index is 6.22. The van der Waals surface area contributed by atoms with Gasteiger partial charge in [0.05, 0.1) is 0 Å². The Balaban J connectivity index is 2.55. The standard InChI is InChI=1S/C20H27O3P/c1-4-21-17-20(22-5-2,23-6-3)24(18-13-9-7-10-14-18)19-15-11-8-12-16-19/h7-16H,4-6,17H2,1-3H3. The fourth-order valence-corrected chi connectivity index (χ4v) is 5.46. The average molecular weight is 346 g/mol. The fraction of sp³-hybridized carbons (Fsp3) is 0.400. The monoisotopic (exact) mass is 346 g/mol. The molecule has 0 aliphatic rings. The minimum atomic E-state index is -0.891. The highest BCUT2D eigenvalue weighted by Gasteiger charge is 2.43. The molecule has 0 amide bonds. The number of rotatable bonds is 10. The molecule has 2 rings (SSSR count). The lowest BCUT2D eigenvalue weighted by atomic mass is 10.4. The molecule has 0 bridgehead atoms. The van der Waals surface area contributed by atoms with Crippen LogP contribution in [0.25, 0.3) is 0 Å². The second-order valence-electron chi connectivity index (χ2n) is 5.22. The summed E-state index contributed by atoms with van der Waals surface area (Å²) in [6.45, 7) is 8.20. The summed E-state index contributed by atoms with van der Waals surface area (Å²) in [6, 6.07) is 20.9. The maximum Gasteiger partial charge on any atom is 0.219 e. The normalized spacial score (nSPS) is 11.8. The van der Waals surface area contributed by atoms with E-state index in [1.165, 1.54) is 10.6 Å². The first-order chi connectivity index (χ1) is 11.8. The number of hydrogen-bond acceptors (Lipinski definition) is 3. The topological polar surface area (TPSA) is 27.7 Å². The van der Waals surface area contributed by atoms with E-state index in [0.717, 1.165) is 0 Å². The molecular formula is C20H27O3P. The van der Waals surface area contributed by atoms with Crippen LogP contribution in [0.3, 0.4) is 0 Å². The first-order valence-electron chi connectivity index (χ1n) is 8.53. The Morgan fingerprint density at radius 2 is 1.17 bits per heavy atom. The molecule has 130 valence electrons. The van der Waals surface area contributed by atoms with E-state index in [2.05, 4.69) is 48.5 Å². The Bertz CT molecular complexity index is 528. The average Bonchev–Trinajstić information content (AvgIpc) is 2.62. The van der Waals surface area contributed by atoms with Crippen LogP contribution in [0, 0.1) is 0 Å². The van der Waals surface area contributed by atoms with Crippen LogP contribution in [0.1, 0.15) is 20.8 Å². The summed E-state index contributed by atoms with van der Waals surface area (Å²) < 4.78 is 18.2. The molecule has 0 aliphatic heterocycles. The van der Waals surface area contributed by atoms with E-state index >= 15 is 0 Å². The third kappa shape index (κ3) is 4.64. The molecule has 0 radical (unpaired) electrons. The van der Waals surface area contributed by atoms with E-state index in [0.29, 0.717) is 26.4 Å². The van der Waals surface area contributed by atoms with Crippen molar-refractivity contribution in [3.05, 3.63) is 60.7 Å². The molecule has 24 heavy (non-hydrogen) atoms. The van der Waals surface area contributed by atoms with Crippen LogP contribution in [-0.4, -0.2) is 32.0 Å². The summed E-state index contributed by atoms with van der Waals surface area (Å²) in [4.78, 5) is 0. The van der Waals surface area contributed by atoms with Crippen LogP contribution in [0.2, 0.25) is 0 Å². The molecule has 0 saturated carbocycles. The molecule has 0 saturated heterocycles. The van der Waals surface area contributed by atoms with Gasteiger partial charge in [0.25, 0.3) is 0 Å². The first-order valence-corrected chi connectivity index (χ1v) is 9.87. The van der Waals surface area contributed by atoms with Gasteiger partial charge >= 0.3 is 0 Å². The molecule has 3 nitrogen and oxygen atoms in total. The van der Waals surface area contributed by atoms with Crippen molar-refractivity contribution in [3.8, 4) is 0 Å². The maximum absolute atomic E-state index is 6.22. The predicted molar refractivity (Wildman–Crippen MR) is 102 cm³/mol. The van der Waals surface area contributed by atoms with Crippen molar-refractivity contribution >= 4 is 18.5 Å². The van der Waals surface area contributed by atoms with Crippen LogP contribution in [0.15, 0.2) is 60.7 Å². The Labute approximate surface area is 146 Å². The van der Waals surface area contributed by atoms with E-state index in [4.69, 9.17) is 14.2 Å². The highest BCUT2D eigenvalue weighted by atomic mass is 31.1. The van der Waals surface area contributed by atoms with Crippen molar-refractivity contribution in [2.75, 3.05) is 26.4 Å². The smallest absolute Gasteiger partial charge is 0.219 e. The Morgan fingerprint density at radius 1 is 0.708 bits per heavy atom. The molecule has 0 N–H and O–H groups in total. The van der Waals surface area contributed by atoms with Crippen LogP contribution in [0.5, 0.6) is 0 Å². The second-order valence-corrected chi connectivity index (χ2v) is 7.61. The lowest BCUT2D eigenvalue weighted by molar-refractivity contribution is -0.197. The summed E-state index contributed by atoms with van der Waals surface area (Å²) in [5.41, 5.74) is -0.780. The molecule has 0 heterocycles. The number of ether oxygens (including phenoxy) is 3. The van der Waals surface area contributed by atoms with Crippen LogP contribution in [0.4, 0.5) is 0 Å². The zero-order valence-corrected chi connectivity index (χ0v) is 15.7. The molecule has 2 aromatic rings. The largest absolute Gasteiger partial charge is 0.376 e. The molecule has 0 unspecified atom stereocenters. The summed E-state index contributed by atoms with van der Waals surface area (Å²) in [6.07, 6.45) is 0. The van der Waals surface area contributed by atoms with Crippen molar-refractivity contribution in [2.45, 2.75) is 26.3 Å². The molecule has 4 heteroatoms. The van der Waals surface area contributed by atoms with Crippen molar-refractivity contribution < 1.29 is 14.2 Å². The minimum Gasteiger partial charge on any atom is -0.376 e. The summed E-state index contributed by atoms with van der Waals surface area (Å²) in [7, 11) is -0.891. The number of benzene rings is 2. The minimum absolute atomic E-state index is 0.417. The van der Waals surface area contributed by atoms with Gasteiger partial charge in [-0.2, -0.15) is 0 Å².